The molecule has 0 fully saturated rings. The smallest absolute Gasteiger partial charge is 0.323 e. The quantitative estimate of drug-likeness (QED) is 0.488. The zero-order valence-electron chi connectivity index (χ0n) is 11.2. The molecule has 1 atom stereocenters. The van der Waals surface area contributed by atoms with Gasteiger partial charge in [-0.3, -0.25) is 4.79 Å². The third-order valence-corrected chi connectivity index (χ3v) is 2.77. The first-order valence-electron chi connectivity index (χ1n) is 6.44. The summed E-state index contributed by atoms with van der Waals surface area (Å²) in [7, 11) is 1.45. The maximum atomic E-state index is 11.4. The van der Waals surface area contributed by atoms with Crippen LogP contribution in [0.1, 0.15) is 52.9 Å². The molecule has 1 N–H and O–H groups in total. The summed E-state index contributed by atoms with van der Waals surface area (Å²) in [4.78, 5) is 11.4. The van der Waals surface area contributed by atoms with Gasteiger partial charge in [0.05, 0.1) is 7.11 Å². The summed E-state index contributed by atoms with van der Waals surface area (Å²) >= 11 is 0. The molecule has 0 saturated heterocycles. The zero-order valence-corrected chi connectivity index (χ0v) is 11.2. The van der Waals surface area contributed by atoms with Crippen LogP contribution in [0.3, 0.4) is 0 Å². The maximum absolute atomic E-state index is 11.4. The number of unbranched alkanes of at least 4 members (excludes halogenated alkanes) is 4. The maximum Gasteiger partial charge on any atom is 0.323 e. The van der Waals surface area contributed by atoms with Crippen molar-refractivity contribution < 1.29 is 9.53 Å². The Balaban J connectivity index is 3.65. The Labute approximate surface area is 99.9 Å². The minimum absolute atomic E-state index is 0.149. The first-order valence-corrected chi connectivity index (χ1v) is 6.44. The Hall–Kier alpha value is -0.570. The topological polar surface area (TPSA) is 38.3 Å². The van der Waals surface area contributed by atoms with Crippen molar-refractivity contribution in [1.29, 1.82) is 0 Å². The SMILES string of the molecule is CCCCCCCN[C@H](C(=O)OC)C(C)C. The summed E-state index contributed by atoms with van der Waals surface area (Å²) in [6.45, 7) is 7.18. The number of hydrogen-bond donors (Lipinski definition) is 1. The highest BCUT2D eigenvalue weighted by Crippen LogP contribution is 2.05. The van der Waals surface area contributed by atoms with Crippen LogP contribution in [-0.4, -0.2) is 25.7 Å². The molecule has 16 heavy (non-hydrogen) atoms. The van der Waals surface area contributed by atoms with Gasteiger partial charge in [0.2, 0.25) is 0 Å². The van der Waals surface area contributed by atoms with E-state index in [1.54, 1.807) is 0 Å². The van der Waals surface area contributed by atoms with Crippen LogP contribution >= 0.6 is 0 Å². The number of hydrogen-bond acceptors (Lipinski definition) is 3. The van der Waals surface area contributed by atoms with E-state index >= 15 is 0 Å². The molecular weight excluding hydrogens is 202 g/mol. The van der Waals surface area contributed by atoms with Gasteiger partial charge in [-0.15, -0.1) is 0 Å². The Morgan fingerprint density at radius 1 is 1.19 bits per heavy atom. The predicted molar refractivity (Wildman–Crippen MR) is 67.4 cm³/mol. The lowest BCUT2D eigenvalue weighted by atomic mass is 10.0. The van der Waals surface area contributed by atoms with E-state index in [0.29, 0.717) is 0 Å². The lowest BCUT2D eigenvalue weighted by molar-refractivity contribution is -0.144. The number of methoxy groups -OCH3 is 1. The lowest BCUT2D eigenvalue weighted by Crippen LogP contribution is -2.42. The molecule has 0 rings (SSSR count). The molecule has 0 spiro atoms. The fourth-order valence-corrected chi connectivity index (χ4v) is 1.70. The molecule has 0 aromatic rings. The average Bonchev–Trinajstić information content (AvgIpc) is 2.26. The molecule has 0 aliphatic heterocycles. The molecule has 0 saturated carbocycles. The summed E-state index contributed by atoms with van der Waals surface area (Å²) in [5, 5.41) is 3.27. The molecule has 0 aliphatic carbocycles. The molecule has 0 aliphatic rings. The van der Waals surface area contributed by atoms with Crippen LogP contribution in [0.5, 0.6) is 0 Å². The van der Waals surface area contributed by atoms with E-state index in [0.717, 1.165) is 13.0 Å². The van der Waals surface area contributed by atoms with Gasteiger partial charge in [-0.05, 0) is 18.9 Å². The van der Waals surface area contributed by atoms with Crippen molar-refractivity contribution in [3.8, 4) is 0 Å². The molecule has 0 heterocycles. The molecule has 3 nitrogen and oxygen atoms in total. The van der Waals surface area contributed by atoms with Crippen LogP contribution in [0.4, 0.5) is 0 Å². The molecule has 0 amide bonds. The fourth-order valence-electron chi connectivity index (χ4n) is 1.70. The van der Waals surface area contributed by atoms with Gasteiger partial charge in [-0.2, -0.15) is 0 Å². The van der Waals surface area contributed by atoms with Crippen molar-refractivity contribution in [1.82, 2.24) is 5.32 Å². The zero-order chi connectivity index (χ0) is 12.4. The molecule has 0 bridgehead atoms. The van der Waals surface area contributed by atoms with Crippen LogP contribution in [0, 0.1) is 5.92 Å². The second-order valence-electron chi connectivity index (χ2n) is 4.61. The van der Waals surface area contributed by atoms with Gasteiger partial charge in [0.15, 0.2) is 0 Å². The van der Waals surface area contributed by atoms with Crippen LogP contribution in [0.15, 0.2) is 0 Å². The van der Waals surface area contributed by atoms with Crippen molar-refractivity contribution in [2.45, 2.75) is 58.9 Å². The number of nitrogens with one attached hydrogen (secondary N) is 1. The van der Waals surface area contributed by atoms with Crippen molar-refractivity contribution in [2.24, 2.45) is 5.92 Å². The Morgan fingerprint density at radius 3 is 2.31 bits per heavy atom. The average molecular weight is 229 g/mol. The minimum atomic E-state index is -0.156. The van der Waals surface area contributed by atoms with E-state index in [-0.39, 0.29) is 17.9 Å². The van der Waals surface area contributed by atoms with E-state index in [9.17, 15) is 4.79 Å². The Morgan fingerprint density at radius 2 is 1.81 bits per heavy atom. The van der Waals surface area contributed by atoms with E-state index < -0.39 is 0 Å². The fraction of sp³-hybridized carbons (Fsp3) is 0.923. The molecule has 96 valence electrons. The summed E-state index contributed by atoms with van der Waals surface area (Å²) in [5.41, 5.74) is 0. The van der Waals surface area contributed by atoms with Crippen molar-refractivity contribution in [3.63, 3.8) is 0 Å². The van der Waals surface area contributed by atoms with Gasteiger partial charge < -0.3 is 10.1 Å². The Kier molecular flexibility index (Phi) is 9.30. The molecule has 0 aromatic carbocycles. The van der Waals surface area contributed by atoms with Gasteiger partial charge in [-0.25, -0.2) is 0 Å². The third-order valence-electron chi connectivity index (χ3n) is 2.77. The highest BCUT2D eigenvalue weighted by molar-refractivity contribution is 5.75. The van der Waals surface area contributed by atoms with Crippen LogP contribution in [0.25, 0.3) is 0 Å². The van der Waals surface area contributed by atoms with Gasteiger partial charge in [0.1, 0.15) is 6.04 Å². The molecular formula is C13H27NO2. The standard InChI is InChI=1S/C13H27NO2/c1-5-6-7-8-9-10-14-12(11(2)3)13(15)16-4/h11-12,14H,5-10H2,1-4H3/t12-/m0/s1. The van der Waals surface area contributed by atoms with Crippen molar-refractivity contribution >= 4 is 5.97 Å². The second kappa shape index (κ2) is 9.64. The number of ether oxygens (including phenoxy) is 1. The number of rotatable bonds is 9. The summed E-state index contributed by atoms with van der Waals surface area (Å²) < 4.78 is 4.77. The molecule has 3 heteroatoms. The number of carbonyl (C=O) groups is 1. The Bertz CT molecular complexity index is 181. The minimum Gasteiger partial charge on any atom is -0.468 e. The first kappa shape index (κ1) is 15.4. The third kappa shape index (κ3) is 6.83. The van der Waals surface area contributed by atoms with Crippen molar-refractivity contribution in [2.75, 3.05) is 13.7 Å². The van der Waals surface area contributed by atoms with Gasteiger partial charge >= 0.3 is 5.97 Å². The molecule has 0 aromatic heterocycles. The largest absolute Gasteiger partial charge is 0.468 e. The van der Waals surface area contributed by atoms with E-state index in [2.05, 4.69) is 12.2 Å². The lowest BCUT2D eigenvalue weighted by Gasteiger charge is -2.19. The summed E-state index contributed by atoms with van der Waals surface area (Å²) in [5.74, 6) is 0.131. The van der Waals surface area contributed by atoms with Crippen molar-refractivity contribution in [3.05, 3.63) is 0 Å². The van der Waals surface area contributed by atoms with Gasteiger partial charge in [-0.1, -0.05) is 46.5 Å². The predicted octanol–water partition coefficient (Wildman–Crippen LogP) is 2.74. The van der Waals surface area contributed by atoms with E-state index in [1.807, 2.05) is 13.8 Å². The van der Waals surface area contributed by atoms with E-state index in [1.165, 1.54) is 32.8 Å². The molecule has 0 unspecified atom stereocenters. The summed E-state index contributed by atoms with van der Waals surface area (Å²) in [6.07, 6.45) is 6.25. The van der Waals surface area contributed by atoms with E-state index in [4.69, 9.17) is 4.74 Å². The van der Waals surface area contributed by atoms with Crippen LogP contribution < -0.4 is 5.32 Å². The normalized spacial score (nSPS) is 12.8. The number of esters is 1. The van der Waals surface area contributed by atoms with Gasteiger partial charge in [0, 0.05) is 0 Å². The summed E-state index contributed by atoms with van der Waals surface area (Å²) in [6, 6.07) is -0.156. The monoisotopic (exact) mass is 229 g/mol. The van der Waals surface area contributed by atoms with Crippen LogP contribution in [-0.2, 0) is 9.53 Å². The first-order chi connectivity index (χ1) is 7.63. The number of carbonyl (C=O) groups excluding carboxylic acids is 1. The highest BCUT2D eigenvalue weighted by Gasteiger charge is 2.21. The second-order valence-corrected chi connectivity index (χ2v) is 4.61. The molecule has 0 radical (unpaired) electrons. The van der Waals surface area contributed by atoms with Crippen LogP contribution in [0.2, 0.25) is 0 Å². The van der Waals surface area contributed by atoms with Gasteiger partial charge in [0.25, 0.3) is 0 Å². The highest BCUT2D eigenvalue weighted by atomic mass is 16.5.